The van der Waals surface area contributed by atoms with Crippen molar-refractivity contribution in [2.24, 2.45) is 5.92 Å². The lowest BCUT2D eigenvalue weighted by molar-refractivity contribution is -0.138. The number of carbonyl (C=O) groups is 2. The first-order valence-electron chi connectivity index (χ1n) is 9.38. The summed E-state index contributed by atoms with van der Waals surface area (Å²) >= 11 is 5.90. The first kappa shape index (κ1) is 18.2. The summed E-state index contributed by atoms with van der Waals surface area (Å²) < 4.78 is 0. The molecule has 4 nitrogen and oxygen atoms in total. The van der Waals surface area contributed by atoms with Crippen molar-refractivity contribution in [2.45, 2.75) is 51.0 Å². The maximum atomic E-state index is 12.9. The second kappa shape index (κ2) is 8.22. The van der Waals surface area contributed by atoms with Crippen molar-refractivity contribution in [2.75, 3.05) is 20.1 Å². The third-order valence-electron chi connectivity index (χ3n) is 5.62. The largest absolute Gasteiger partial charge is 0.342 e. The van der Waals surface area contributed by atoms with Gasteiger partial charge in [0.1, 0.15) is 0 Å². The number of rotatable bonds is 3. The summed E-state index contributed by atoms with van der Waals surface area (Å²) in [5, 5.41) is 0.623. The Morgan fingerprint density at radius 3 is 2.40 bits per heavy atom. The van der Waals surface area contributed by atoms with E-state index in [9.17, 15) is 9.59 Å². The fourth-order valence-corrected chi connectivity index (χ4v) is 4.20. The van der Waals surface area contributed by atoms with Crippen LogP contribution in [0.2, 0.25) is 5.02 Å². The molecule has 3 rings (SSSR count). The highest BCUT2D eigenvalue weighted by molar-refractivity contribution is 6.30. The van der Waals surface area contributed by atoms with Crippen LogP contribution in [0.15, 0.2) is 24.3 Å². The molecular weight excluding hydrogens is 336 g/mol. The number of nitrogens with zero attached hydrogens (tertiary/aromatic N) is 2. The van der Waals surface area contributed by atoms with Gasteiger partial charge in [0.2, 0.25) is 5.91 Å². The number of halogens is 1. The van der Waals surface area contributed by atoms with Gasteiger partial charge in [0, 0.05) is 36.8 Å². The minimum absolute atomic E-state index is 0.00511. The van der Waals surface area contributed by atoms with Crippen LogP contribution in [0.5, 0.6) is 0 Å². The molecule has 1 aliphatic carbocycles. The van der Waals surface area contributed by atoms with E-state index in [1.165, 1.54) is 19.3 Å². The standard InChI is InChI=1S/C20H27ClN2O2/c1-22(18-7-3-2-4-8-18)19(24)16-6-5-13-23(14-16)20(25)15-9-11-17(21)12-10-15/h9-12,16,18H,2-8,13-14H2,1H3. The molecule has 1 aromatic carbocycles. The predicted molar refractivity (Wildman–Crippen MR) is 99.7 cm³/mol. The van der Waals surface area contributed by atoms with Gasteiger partial charge in [-0.3, -0.25) is 9.59 Å². The molecule has 1 aromatic rings. The van der Waals surface area contributed by atoms with Crippen LogP contribution in [-0.4, -0.2) is 47.8 Å². The molecule has 2 amide bonds. The Labute approximate surface area is 155 Å². The Kier molecular flexibility index (Phi) is 6.00. The highest BCUT2D eigenvalue weighted by Gasteiger charge is 2.33. The van der Waals surface area contributed by atoms with Crippen molar-refractivity contribution >= 4 is 23.4 Å². The quantitative estimate of drug-likeness (QED) is 0.815. The molecule has 25 heavy (non-hydrogen) atoms. The molecule has 5 heteroatoms. The van der Waals surface area contributed by atoms with E-state index in [2.05, 4.69) is 0 Å². The zero-order valence-electron chi connectivity index (χ0n) is 14.9. The van der Waals surface area contributed by atoms with Crippen LogP contribution in [0.1, 0.15) is 55.3 Å². The normalized spacial score (nSPS) is 21.8. The van der Waals surface area contributed by atoms with E-state index in [4.69, 9.17) is 11.6 Å². The number of carbonyl (C=O) groups excluding carboxylic acids is 2. The molecule has 2 fully saturated rings. The Morgan fingerprint density at radius 2 is 1.72 bits per heavy atom. The van der Waals surface area contributed by atoms with Crippen LogP contribution < -0.4 is 0 Å². The van der Waals surface area contributed by atoms with Crippen molar-refractivity contribution in [1.29, 1.82) is 0 Å². The lowest BCUT2D eigenvalue weighted by Gasteiger charge is -2.37. The third-order valence-corrected chi connectivity index (χ3v) is 5.87. The molecule has 1 saturated carbocycles. The minimum Gasteiger partial charge on any atom is -0.342 e. The fourth-order valence-electron chi connectivity index (χ4n) is 4.07. The van der Waals surface area contributed by atoms with E-state index in [1.807, 2.05) is 16.8 Å². The van der Waals surface area contributed by atoms with Crippen LogP contribution in [0.4, 0.5) is 0 Å². The van der Waals surface area contributed by atoms with E-state index in [1.54, 1.807) is 24.3 Å². The number of likely N-dealkylation sites (tertiary alicyclic amines) is 1. The number of hydrogen-bond donors (Lipinski definition) is 0. The maximum absolute atomic E-state index is 12.9. The Bertz CT molecular complexity index is 611. The topological polar surface area (TPSA) is 40.6 Å². The van der Waals surface area contributed by atoms with Crippen molar-refractivity contribution in [1.82, 2.24) is 9.80 Å². The Hall–Kier alpha value is -1.55. The SMILES string of the molecule is CN(C(=O)C1CCCN(C(=O)c2ccc(Cl)cc2)C1)C1CCCCC1. The Morgan fingerprint density at radius 1 is 1.04 bits per heavy atom. The molecule has 0 spiro atoms. The summed E-state index contributed by atoms with van der Waals surface area (Å²) in [4.78, 5) is 29.4. The average Bonchev–Trinajstić information content (AvgIpc) is 2.67. The van der Waals surface area contributed by atoms with Crippen LogP contribution in [0, 0.1) is 5.92 Å². The lowest BCUT2D eigenvalue weighted by atomic mass is 9.91. The summed E-state index contributed by atoms with van der Waals surface area (Å²) in [7, 11) is 1.94. The van der Waals surface area contributed by atoms with Gasteiger partial charge in [-0.2, -0.15) is 0 Å². The monoisotopic (exact) mass is 362 g/mol. The van der Waals surface area contributed by atoms with E-state index >= 15 is 0 Å². The number of benzene rings is 1. The van der Waals surface area contributed by atoms with Crippen LogP contribution in [0.3, 0.4) is 0 Å². The van der Waals surface area contributed by atoms with Crippen molar-refractivity contribution in [3.63, 3.8) is 0 Å². The fraction of sp³-hybridized carbons (Fsp3) is 0.600. The lowest BCUT2D eigenvalue weighted by Crippen LogP contribution is -2.48. The molecule has 136 valence electrons. The second-order valence-electron chi connectivity index (χ2n) is 7.34. The zero-order chi connectivity index (χ0) is 17.8. The van der Waals surface area contributed by atoms with Crippen LogP contribution in [-0.2, 0) is 4.79 Å². The number of piperidine rings is 1. The summed E-state index contributed by atoms with van der Waals surface area (Å²) in [6.45, 7) is 1.25. The van der Waals surface area contributed by atoms with Crippen molar-refractivity contribution in [3.05, 3.63) is 34.9 Å². The second-order valence-corrected chi connectivity index (χ2v) is 7.77. The van der Waals surface area contributed by atoms with Gasteiger partial charge in [-0.15, -0.1) is 0 Å². The highest BCUT2D eigenvalue weighted by atomic mass is 35.5. The van der Waals surface area contributed by atoms with Gasteiger partial charge in [-0.05, 0) is 49.9 Å². The summed E-state index contributed by atoms with van der Waals surface area (Å²) in [5.41, 5.74) is 0.637. The van der Waals surface area contributed by atoms with Gasteiger partial charge in [0.05, 0.1) is 5.92 Å². The van der Waals surface area contributed by atoms with Crippen LogP contribution >= 0.6 is 11.6 Å². The minimum atomic E-state index is -0.0723. The van der Waals surface area contributed by atoms with Crippen LogP contribution in [0.25, 0.3) is 0 Å². The van der Waals surface area contributed by atoms with Gasteiger partial charge in [0.15, 0.2) is 0 Å². The average molecular weight is 363 g/mol. The molecular formula is C20H27ClN2O2. The third kappa shape index (κ3) is 4.35. The smallest absolute Gasteiger partial charge is 0.253 e. The molecule has 0 aromatic heterocycles. The summed E-state index contributed by atoms with van der Waals surface area (Å²) in [6.07, 6.45) is 7.70. The number of amides is 2. The number of hydrogen-bond acceptors (Lipinski definition) is 2. The molecule has 1 unspecified atom stereocenters. The van der Waals surface area contributed by atoms with E-state index in [-0.39, 0.29) is 17.7 Å². The maximum Gasteiger partial charge on any atom is 0.253 e. The van der Waals surface area contributed by atoms with E-state index in [0.29, 0.717) is 23.2 Å². The van der Waals surface area contributed by atoms with Gasteiger partial charge < -0.3 is 9.80 Å². The molecule has 2 aliphatic rings. The van der Waals surface area contributed by atoms with E-state index < -0.39 is 0 Å². The Balaban J connectivity index is 1.62. The van der Waals surface area contributed by atoms with Gasteiger partial charge >= 0.3 is 0 Å². The van der Waals surface area contributed by atoms with Gasteiger partial charge in [-0.25, -0.2) is 0 Å². The molecule has 0 radical (unpaired) electrons. The summed E-state index contributed by atoms with van der Waals surface area (Å²) in [5.74, 6) is 0.131. The first-order valence-corrected chi connectivity index (χ1v) is 9.75. The summed E-state index contributed by atoms with van der Waals surface area (Å²) in [6, 6.07) is 7.36. The molecule has 0 N–H and O–H groups in total. The predicted octanol–water partition coefficient (Wildman–Crippen LogP) is 3.98. The van der Waals surface area contributed by atoms with Crippen molar-refractivity contribution in [3.8, 4) is 0 Å². The van der Waals surface area contributed by atoms with E-state index in [0.717, 1.165) is 32.2 Å². The molecule has 1 atom stereocenters. The van der Waals surface area contributed by atoms with Crippen molar-refractivity contribution < 1.29 is 9.59 Å². The first-order chi connectivity index (χ1) is 12.1. The van der Waals surface area contributed by atoms with Gasteiger partial charge in [-0.1, -0.05) is 30.9 Å². The molecule has 1 aliphatic heterocycles. The zero-order valence-corrected chi connectivity index (χ0v) is 15.7. The molecule has 0 bridgehead atoms. The molecule has 1 saturated heterocycles. The van der Waals surface area contributed by atoms with Gasteiger partial charge in [0.25, 0.3) is 5.91 Å². The highest BCUT2D eigenvalue weighted by Crippen LogP contribution is 2.26. The molecule has 1 heterocycles.